The molecule has 0 spiro atoms. The minimum absolute atomic E-state index is 0.410. The summed E-state index contributed by atoms with van der Waals surface area (Å²) >= 11 is 0. The molecule has 1 aliphatic rings. The van der Waals surface area contributed by atoms with Gasteiger partial charge in [0.25, 0.3) is 5.91 Å². The number of carbonyl (C=O) groups is 2. The number of amides is 1. The zero-order valence-corrected chi connectivity index (χ0v) is 12.0. The van der Waals surface area contributed by atoms with Gasteiger partial charge in [-0.25, -0.2) is 0 Å². The lowest BCUT2D eigenvalue weighted by Gasteiger charge is -2.26. The van der Waals surface area contributed by atoms with Crippen molar-refractivity contribution in [1.82, 2.24) is 14.7 Å². The van der Waals surface area contributed by atoms with Crippen LogP contribution < -0.4 is 0 Å². The summed E-state index contributed by atoms with van der Waals surface area (Å²) in [5.41, 5.74) is 3.19. The third kappa shape index (κ3) is 2.86. The molecule has 3 rings (SSSR count). The van der Waals surface area contributed by atoms with E-state index in [1.807, 2.05) is 28.9 Å². The lowest BCUT2D eigenvalue weighted by Crippen LogP contribution is -2.41. The topological polar surface area (TPSA) is 55.2 Å². The summed E-state index contributed by atoms with van der Waals surface area (Å²) in [6, 6.07) is 12.2. The number of Topliss-reactive ketones (excluding diaryl/α,β-unsaturated/α-hetero) is 1. The van der Waals surface area contributed by atoms with Crippen LogP contribution in [0.15, 0.2) is 36.4 Å². The molecule has 1 amide bonds. The van der Waals surface area contributed by atoms with Gasteiger partial charge in [-0.1, -0.05) is 30.3 Å². The summed E-state index contributed by atoms with van der Waals surface area (Å²) in [7, 11) is 0. The molecule has 108 valence electrons. The highest BCUT2D eigenvalue weighted by Crippen LogP contribution is 2.16. The molecule has 2 heterocycles. The molecular formula is C16H17N3O2. The molecule has 1 aliphatic heterocycles. The van der Waals surface area contributed by atoms with E-state index in [1.54, 1.807) is 4.90 Å². The SMILES string of the molecule is CC(=O)C(=O)N1CCn2nc(Cc3ccccc3)cc2C1. The van der Waals surface area contributed by atoms with Gasteiger partial charge in [0, 0.05) is 19.9 Å². The van der Waals surface area contributed by atoms with Crippen molar-refractivity contribution >= 4 is 11.7 Å². The lowest BCUT2D eigenvalue weighted by molar-refractivity contribution is -0.144. The van der Waals surface area contributed by atoms with E-state index in [-0.39, 0.29) is 0 Å². The Labute approximate surface area is 123 Å². The van der Waals surface area contributed by atoms with Gasteiger partial charge >= 0.3 is 0 Å². The summed E-state index contributed by atoms with van der Waals surface area (Å²) in [5, 5.41) is 4.58. The maximum atomic E-state index is 11.8. The Balaban J connectivity index is 1.75. The van der Waals surface area contributed by atoms with E-state index in [9.17, 15) is 9.59 Å². The Morgan fingerprint density at radius 3 is 2.67 bits per heavy atom. The minimum Gasteiger partial charge on any atom is -0.328 e. The van der Waals surface area contributed by atoms with E-state index >= 15 is 0 Å². The number of nitrogens with zero attached hydrogens (tertiary/aromatic N) is 3. The largest absolute Gasteiger partial charge is 0.328 e. The van der Waals surface area contributed by atoms with Crippen molar-refractivity contribution in [1.29, 1.82) is 0 Å². The van der Waals surface area contributed by atoms with E-state index in [4.69, 9.17) is 0 Å². The molecule has 0 bridgehead atoms. The number of rotatable bonds is 3. The molecule has 2 aromatic rings. The molecule has 0 fully saturated rings. The van der Waals surface area contributed by atoms with Crippen LogP contribution in [0.3, 0.4) is 0 Å². The highest BCUT2D eigenvalue weighted by atomic mass is 16.2. The van der Waals surface area contributed by atoms with E-state index in [1.165, 1.54) is 12.5 Å². The van der Waals surface area contributed by atoms with Crippen LogP contribution in [0.4, 0.5) is 0 Å². The average Bonchev–Trinajstić information content (AvgIpc) is 2.88. The summed E-state index contributed by atoms with van der Waals surface area (Å²) < 4.78 is 1.93. The van der Waals surface area contributed by atoms with Crippen LogP contribution in [0.1, 0.15) is 23.9 Å². The molecule has 21 heavy (non-hydrogen) atoms. The van der Waals surface area contributed by atoms with Crippen molar-refractivity contribution in [2.24, 2.45) is 0 Å². The first-order valence-electron chi connectivity index (χ1n) is 7.03. The third-order valence-corrected chi connectivity index (χ3v) is 3.66. The summed E-state index contributed by atoms with van der Waals surface area (Å²) in [6.45, 7) is 2.95. The van der Waals surface area contributed by atoms with Gasteiger partial charge in [-0.2, -0.15) is 5.10 Å². The van der Waals surface area contributed by atoms with Crippen LogP contribution in [0.2, 0.25) is 0 Å². The second-order valence-electron chi connectivity index (χ2n) is 5.30. The predicted octanol–water partition coefficient (Wildman–Crippen LogP) is 1.41. The minimum atomic E-state index is -0.410. The van der Waals surface area contributed by atoms with Gasteiger partial charge in [-0.3, -0.25) is 14.3 Å². The summed E-state index contributed by atoms with van der Waals surface area (Å²) in [4.78, 5) is 24.5. The van der Waals surface area contributed by atoms with E-state index in [0.29, 0.717) is 19.6 Å². The molecule has 1 aromatic carbocycles. The second-order valence-corrected chi connectivity index (χ2v) is 5.30. The molecule has 1 aromatic heterocycles. The first kappa shape index (κ1) is 13.5. The normalized spacial score (nSPS) is 13.9. The highest BCUT2D eigenvalue weighted by Gasteiger charge is 2.24. The summed E-state index contributed by atoms with van der Waals surface area (Å²) in [5.74, 6) is -0.820. The van der Waals surface area contributed by atoms with Crippen LogP contribution in [-0.4, -0.2) is 32.9 Å². The monoisotopic (exact) mass is 283 g/mol. The zero-order chi connectivity index (χ0) is 14.8. The Hall–Kier alpha value is -2.43. The number of hydrogen-bond donors (Lipinski definition) is 0. The van der Waals surface area contributed by atoms with Gasteiger partial charge in [-0.15, -0.1) is 0 Å². The van der Waals surface area contributed by atoms with Crippen LogP contribution in [0, 0.1) is 0 Å². The molecule has 0 radical (unpaired) electrons. The molecule has 0 unspecified atom stereocenters. The van der Waals surface area contributed by atoms with Gasteiger partial charge in [-0.05, 0) is 11.6 Å². The molecular weight excluding hydrogens is 266 g/mol. The van der Waals surface area contributed by atoms with Crippen molar-refractivity contribution in [2.45, 2.75) is 26.4 Å². The predicted molar refractivity (Wildman–Crippen MR) is 77.6 cm³/mol. The Morgan fingerprint density at radius 1 is 1.19 bits per heavy atom. The number of benzene rings is 1. The van der Waals surface area contributed by atoms with Crippen LogP contribution in [0.5, 0.6) is 0 Å². The van der Waals surface area contributed by atoms with Gasteiger partial charge in [0.05, 0.1) is 24.5 Å². The van der Waals surface area contributed by atoms with Crippen molar-refractivity contribution in [3.05, 3.63) is 53.3 Å². The fraction of sp³-hybridized carbons (Fsp3) is 0.312. The molecule has 0 saturated heterocycles. The van der Waals surface area contributed by atoms with Crippen LogP contribution >= 0.6 is 0 Å². The first-order valence-corrected chi connectivity index (χ1v) is 7.03. The smallest absolute Gasteiger partial charge is 0.290 e. The van der Waals surface area contributed by atoms with Gasteiger partial charge in [0.1, 0.15) is 0 Å². The molecule has 0 atom stereocenters. The van der Waals surface area contributed by atoms with Gasteiger partial charge in [0.15, 0.2) is 0 Å². The zero-order valence-electron chi connectivity index (χ0n) is 12.0. The second kappa shape index (κ2) is 5.52. The Kier molecular flexibility index (Phi) is 3.56. The number of ketones is 1. The van der Waals surface area contributed by atoms with E-state index < -0.39 is 11.7 Å². The average molecular weight is 283 g/mol. The number of fused-ring (bicyclic) bond motifs is 1. The maximum absolute atomic E-state index is 11.8. The van der Waals surface area contributed by atoms with Gasteiger partial charge < -0.3 is 4.90 Å². The molecule has 0 N–H and O–H groups in total. The van der Waals surface area contributed by atoms with Crippen LogP contribution in [-0.2, 0) is 29.1 Å². The van der Waals surface area contributed by atoms with Crippen molar-refractivity contribution < 1.29 is 9.59 Å². The molecule has 0 aliphatic carbocycles. The highest BCUT2D eigenvalue weighted by molar-refractivity contribution is 6.35. The molecule has 0 saturated carbocycles. The quantitative estimate of drug-likeness (QED) is 0.800. The maximum Gasteiger partial charge on any atom is 0.290 e. The van der Waals surface area contributed by atoms with Crippen molar-refractivity contribution in [3.63, 3.8) is 0 Å². The van der Waals surface area contributed by atoms with Crippen molar-refractivity contribution in [3.8, 4) is 0 Å². The van der Waals surface area contributed by atoms with Crippen LogP contribution in [0.25, 0.3) is 0 Å². The lowest BCUT2D eigenvalue weighted by atomic mass is 10.1. The first-order chi connectivity index (χ1) is 10.1. The number of hydrogen-bond acceptors (Lipinski definition) is 3. The van der Waals surface area contributed by atoms with Gasteiger partial charge in [0.2, 0.25) is 5.78 Å². The Morgan fingerprint density at radius 2 is 1.95 bits per heavy atom. The fourth-order valence-electron chi connectivity index (χ4n) is 2.61. The Bertz CT molecular complexity index is 676. The molecule has 5 nitrogen and oxygen atoms in total. The van der Waals surface area contributed by atoms with Crippen molar-refractivity contribution in [2.75, 3.05) is 6.54 Å². The fourth-order valence-corrected chi connectivity index (χ4v) is 2.61. The van der Waals surface area contributed by atoms with E-state index in [0.717, 1.165) is 17.8 Å². The number of aromatic nitrogens is 2. The third-order valence-electron chi connectivity index (χ3n) is 3.66. The number of carbonyl (C=O) groups excluding carboxylic acids is 2. The standard InChI is InChI=1S/C16H17N3O2/c1-12(20)16(21)18-7-8-19-15(11-18)10-14(17-19)9-13-5-3-2-4-6-13/h2-6,10H,7-9,11H2,1H3. The molecule has 5 heteroatoms. The van der Waals surface area contributed by atoms with E-state index in [2.05, 4.69) is 17.2 Å². The summed E-state index contributed by atoms with van der Waals surface area (Å²) in [6.07, 6.45) is 0.779.